The summed E-state index contributed by atoms with van der Waals surface area (Å²) in [5.41, 5.74) is 0.785. The largest absolute Gasteiger partial charge is 0.496 e. The molecule has 2 aromatic rings. The van der Waals surface area contributed by atoms with E-state index < -0.39 is 7.80 Å². The average molecular weight is 351 g/mol. The molecule has 0 aliphatic heterocycles. The molecule has 2 rings (SSSR count). The first-order valence-corrected chi connectivity index (χ1v) is 9.38. The first-order chi connectivity index (χ1) is 11.0. The zero-order valence-corrected chi connectivity index (χ0v) is 15.2. The molecule has 0 bridgehead atoms. The molecule has 0 N–H and O–H groups in total. The lowest BCUT2D eigenvalue weighted by molar-refractivity contribution is 0.103. The van der Waals surface area contributed by atoms with Gasteiger partial charge in [0.2, 0.25) is 0 Å². The summed E-state index contributed by atoms with van der Waals surface area (Å²) in [4.78, 5) is 13.0. The van der Waals surface area contributed by atoms with Crippen molar-refractivity contribution in [1.82, 2.24) is 0 Å². The first-order valence-electron chi connectivity index (χ1n) is 7.51. The third-order valence-corrected chi connectivity index (χ3v) is 6.50. The molecule has 0 heterocycles. The van der Waals surface area contributed by atoms with E-state index in [4.69, 9.17) is 16.3 Å². The van der Waals surface area contributed by atoms with Gasteiger partial charge in [0.1, 0.15) is 13.6 Å². The number of hydrogen-bond acceptors (Lipinski definition) is 3. The minimum Gasteiger partial charge on any atom is -0.496 e. The molecule has 0 aromatic heterocycles. The highest BCUT2D eigenvalue weighted by Crippen LogP contribution is 2.33. The van der Waals surface area contributed by atoms with Gasteiger partial charge in [0.25, 0.3) is 0 Å². The molecular formula is C18H20ClO3P. The summed E-state index contributed by atoms with van der Waals surface area (Å²) < 4.78 is 18.0. The highest BCUT2D eigenvalue weighted by atomic mass is 35.5. The molecule has 5 heteroatoms. The van der Waals surface area contributed by atoms with Gasteiger partial charge in [-0.25, -0.2) is 0 Å². The van der Waals surface area contributed by atoms with Crippen LogP contribution >= 0.6 is 19.4 Å². The number of carbonyl (C=O) groups excluding carboxylic acids is 1. The molecule has 2 aromatic carbocycles. The second-order valence-electron chi connectivity index (χ2n) is 5.37. The van der Waals surface area contributed by atoms with Crippen LogP contribution in [-0.4, -0.2) is 18.6 Å². The topological polar surface area (TPSA) is 43.4 Å². The van der Waals surface area contributed by atoms with Crippen LogP contribution in [-0.2, 0) is 4.57 Å². The lowest BCUT2D eigenvalue weighted by Crippen LogP contribution is -2.17. The molecule has 0 amide bonds. The minimum absolute atomic E-state index is 0.0436. The Morgan fingerprint density at radius 3 is 2.57 bits per heavy atom. The molecule has 0 saturated carbocycles. The monoisotopic (exact) mass is 350 g/mol. The first kappa shape index (κ1) is 17.8. The molecule has 3 nitrogen and oxygen atoms in total. The standard InChI is InChI=1S/C18H20ClO3P/c1-4-12(2)23(21)16-11-6-5-8-13(16)18(20)17-14(19)9-7-10-15(17)22-3/h5-12,23H,4H2,1-3H3. The molecule has 0 radical (unpaired) electrons. The molecule has 0 spiro atoms. The maximum Gasteiger partial charge on any atom is 0.199 e. The fraction of sp³-hybridized carbons (Fsp3) is 0.278. The number of halogens is 1. The molecule has 122 valence electrons. The molecule has 0 saturated heterocycles. The Hall–Kier alpha value is -1.57. The SMILES string of the molecule is CCC(C)[PH](=O)c1ccccc1C(=O)c1c(Cl)cccc1OC. The second-order valence-corrected chi connectivity index (χ2v) is 8.03. The summed E-state index contributed by atoms with van der Waals surface area (Å²) in [7, 11) is -0.567. The van der Waals surface area contributed by atoms with E-state index in [1.165, 1.54) is 7.11 Å². The molecule has 2 unspecified atom stereocenters. The summed E-state index contributed by atoms with van der Waals surface area (Å²) in [6, 6.07) is 12.1. The van der Waals surface area contributed by atoms with Gasteiger partial charge in [-0.15, -0.1) is 0 Å². The molecular weight excluding hydrogens is 331 g/mol. The fourth-order valence-corrected chi connectivity index (χ4v) is 4.25. The predicted molar refractivity (Wildman–Crippen MR) is 96.3 cm³/mol. The Morgan fingerprint density at radius 1 is 1.22 bits per heavy atom. The van der Waals surface area contributed by atoms with Gasteiger partial charge in [0, 0.05) is 16.5 Å². The van der Waals surface area contributed by atoms with Crippen LogP contribution in [0.4, 0.5) is 0 Å². The fourth-order valence-electron chi connectivity index (χ4n) is 2.38. The van der Waals surface area contributed by atoms with E-state index in [1.54, 1.807) is 42.5 Å². The summed E-state index contributed by atoms with van der Waals surface area (Å²) in [5, 5.41) is 0.936. The van der Waals surface area contributed by atoms with Crippen molar-refractivity contribution in [3.8, 4) is 5.75 Å². The number of carbonyl (C=O) groups is 1. The third kappa shape index (κ3) is 3.68. The van der Waals surface area contributed by atoms with Gasteiger partial charge in [-0.05, 0) is 18.6 Å². The van der Waals surface area contributed by atoms with Crippen LogP contribution < -0.4 is 10.0 Å². The number of ether oxygens (including phenoxy) is 1. The van der Waals surface area contributed by atoms with Crippen LogP contribution in [0.2, 0.25) is 5.02 Å². The minimum atomic E-state index is -2.06. The third-order valence-electron chi connectivity index (χ3n) is 3.92. The predicted octanol–water partition coefficient (Wildman–Crippen LogP) is 4.56. The van der Waals surface area contributed by atoms with Crippen LogP contribution in [0, 0.1) is 0 Å². The quantitative estimate of drug-likeness (QED) is 0.566. The zero-order valence-electron chi connectivity index (χ0n) is 13.4. The lowest BCUT2D eigenvalue weighted by Gasteiger charge is -2.15. The highest BCUT2D eigenvalue weighted by Gasteiger charge is 2.23. The number of ketones is 1. The van der Waals surface area contributed by atoms with Gasteiger partial charge >= 0.3 is 0 Å². The van der Waals surface area contributed by atoms with Crippen molar-refractivity contribution in [2.24, 2.45) is 0 Å². The maximum atomic E-state index is 13.0. The smallest absolute Gasteiger partial charge is 0.199 e. The van der Waals surface area contributed by atoms with E-state index in [2.05, 4.69) is 0 Å². The van der Waals surface area contributed by atoms with E-state index in [1.807, 2.05) is 13.8 Å². The summed E-state index contributed by atoms with van der Waals surface area (Å²) in [5.74, 6) is 0.158. The van der Waals surface area contributed by atoms with E-state index in [0.717, 1.165) is 6.42 Å². The van der Waals surface area contributed by atoms with Crippen molar-refractivity contribution in [3.63, 3.8) is 0 Å². The van der Waals surface area contributed by atoms with Gasteiger partial charge in [-0.1, -0.05) is 55.8 Å². The van der Waals surface area contributed by atoms with Crippen molar-refractivity contribution >= 4 is 30.5 Å². The maximum absolute atomic E-state index is 13.0. The van der Waals surface area contributed by atoms with Gasteiger partial charge in [0.15, 0.2) is 5.78 Å². The average Bonchev–Trinajstić information content (AvgIpc) is 2.59. The molecule has 0 aliphatic carbocycles. The zero-order chi connectivity index (χ0) is 17.0. The number of benzene rings is 2. The van der Waals surface area contributed by atoms with Crippen molar-refractivity contribution in [1.29, 1.82) is 0 Å². The normalized spacial score (nSPS) is 13.4. The van der Waals surface area contributed by atoms with E-state index >= 15 is 0 Å². The van der Waals surface area contributed by atoms with Crippen LogP contribution in [0.15, 0.2) is 42.5 Å². The number of rotatable bonds is 6. The van der Waals surface area contributed by atoms with Crippen LogP contribution in [0.3, 0.4) is 0 Å². The van der Waals surface area contributed by atoms with Gasteiger partial charge in [-0.3, -0.25) is 4.79 Å². The van der Waals surface area contributed by atoms with Crippen LogP contribution in [0.5, 0.6) is 5.75 Å². The Kier molecular flexibility index (Phi) is 6.04. The number of hydrogen-bond donors (Lipinski definition) is 0. The summed E-state index contributed by atoms with van der Waals surface area (Å²) >= 11 is 6.20. The molecule has 23 heavy (non-hydrogen) atoms. The Balaban J connectivity index is 2.56. The Bertz CT molecular complexity index is 743. The van der Waals surface area contributed by atoms with Crippen molar-refractivity contribution in [3.05, 3.63) is 58.6 Å². The van der Waals surface area contributed by atoms with Crippen molar-refractivity contribution in [2.45, 2.75) is 25.9 Å². The van der Waals surface area contributed by atoms with E-state index in [0.29, 0.717) is 27.2 Å². The Labute approximate surface area is 142 Å². The van der Waals surface area contributed by atoms with Gasteiger partial charge in [-0.2, -0.15) is 0 Å². The molecule has 2 atom stereocenters. The van der Waals surface area contributed by atoms with Crippen LogP contribution in [0.25, 0.3) is 0 Å². The Morgan fingerprint density at radius 2 is 1.91 bits per heavy atom. The van der Waals surface area contributed by atoms with E-state index in [-0.39, 0.29) is 11.4 Å². The van der Waals surface area contributed by atoms with Gasteiger partial charge < -0.3 is 9.30 Å². The lowest BCUT2D eigenvalue weighted by atomic mass is 10.0. The van der Waals surface area contributed by atoms with Gasteiger partial charge in [0.05, 0.1) is 17.7 Å². The summed E-state index contributed by atoms with van der Waals surface area (Å²) in [6.45, 7) is 3.94. The van der Waals surface area contributed by atoms with Crippen molar-refractivity contribution < 1.29 is 14.1 Å². The molecule has 0 fully saturated rings. The molecule has 0 aliphatic rings. The summed E-state index contributed by atoms with van der Waals surface area (Å²) in [6.07, 6.45) is 0.801. The second kappa shape index (κ2) is 7.81. The van der Waals surface area contributed by atoms with E-state index in [9.17, 15) is 9.36 Å². The highest BCUT2D eigenvalue weighted by molar-refractivity contribution is 7.54. The van der Waals surface area contributed by atoms with Crippen molar-refractivity contribution in [2.75, 3.05) is 7.11 Å². The number of methoxy groups -OCH3 is 1. The van der Waals surface area contributed by atoms with Crippen LogP contribution in [0.1, 0.15) is 36.2 Å².